The number of halogens is 3. The molecule has 2 N–H and O–H groups in total. The van der Waals surface area contributed by atoms with Gasteiger partial charge in [0.25, 0.3) is 0 Å². The second-order valence-electron chi connectivity index (χ2n) is 7.92. The van der Waals surface area contributed by atoms with Crippen molar-refractivity contribution < 1.29 is 18.3 Å². The SMILES string of the molecule is OCCNN(c1ncnc2sc(CC(F)(F)F)cc12)C1CCN(Cc2ccccc2)CC1. The smallest absolute Gasteiger partial charge is 0.393 e. The van der Waals surface area contributed by atoms with E-state index in [2.05, 4.69) is 32.4 Å². The minimum absolute atomic E-state index is 0.0550. The van der Waals surface area contributed by atoms with Crippen molar-refractivity contribution in [3.05, 3.63) is 53.2 Å². The van der Waals surface area contributed by atoms with Crippen molar-refractivity contribution in [1.82, 2.24) is 20.3 Å². The van der Waals surface area contributed by atoms with E-state index in [1.807, 2.05) is 23.2 Å². The summed E-state index contributed by atoms with van der Waals surface area (Å²) < 4.78 is 38.7. The fourth-order valence-corrected chi connectivity index (χ4v) is 5.12. The van der Waals surface area contributed by atoms with Gasteiger partial charge in [-0.05, 0) is 24.5 Å². The van der Waals surface area contributed by atoms with Gasteiger partial charge in [-0.3, -0.25) is 9.91 Å². The fourth-order valence-electron chi connectivity index (χ4n) is 4.09. The molecule has 3 heterocycles. The van der Waals surface area contributed by atoms with Crippen LogP contribution in [0.1, 0.15) is 23.3 Å². The van der Waals surface area contributed by atoms with E-state index < -0.39 is 12.6 Å². The Morgan fingerprint density at radius 3 is 2.59 bits per heavy atom. The molecule has 0 radical (unpaired) electrons. The van der Waals surface area contributed by atoms with E-state index in [0.29, 0.717) is 22.6 Å². The van der Waals surface area contributed by atoms with Crippen LogP contribution in [-0.2, 0) is 13.0 Å². The summed E-state index contributed by atoms with van der Waals surface area (Å²) in [6.07, 6.45) is -2.11. The number of alkyl halides is 3. The molecule has 172 valence electrons. The van der Waals surface area contributed by atoms with Gasteiger partial charge in [0.15, 0.2) is 5.82 Å². The van der Waals surface area contributed by atoms with Crippen molar-refractivity contribution in [2.24, 2.45) is 0 Å². The lowest BCUT2D eigenvalue weighted by Crippen LogP contribution is -2.52. The first-order chi connectivity index (χ1) is 15.4. The zero-order chi connectivity index (χ0) is 22.6. The van der Waals surface area contributed by atoms with Crippen LogP contribution in [0.3, 0.4) is 0 Å². The molecule has 0 unspecified atom stereocenters. The van der Waals surface area contributed by atoms with E-state index in [1.165, 1.54) is 11.9 Å². The average molecular weight is 466 g/mol. The average Bonchev–Trinajstić information content (AvgIpc) is 3.17. The molecule has 0 aliphatic carbocycles. The lowest BCUT2D eigenvalue weighted by molar-refractivity contribution is -0.126. The lowest BCUT2D eigenvalue weighted by Gasteiger charge is -2.39. The summed E-state index contributed by atoms with van der Waals surface area (Å²) in [5, 5.41) is 11.9. The van der Waals surface area contributed by atoms with E-state index in [1.54, 1.807) is 6.07 Å². The maximum absolute atomic E-state index is 12.9. The van der Waals surface area contributed by atoms with Crippen LogP contribution < -0.4 is 10.4 Å². The number of likely N-dealkylation sites (tertiary alicyclic amines) is 1. The molecule has 6 nitrogen and oxygen atoms in total. The highest BCUT2D eigenvalue weighted by molar-refractivity contribution is 7.18. The van der Waals surface area contributed by atoms with Crippen molar-refractivity contribution in [2.45, 2.75) is 38.0 Å². The largest absolute Gasteiger partial charge is 0.395 e. The second kappa shape index (κ2) is 10.1. The first-order valence-electron chi connectivity index (χ1n) is 10.6. The number of aliphatic hydroxyl groups excluding tert-OH is 1. The number of nitrogens with one attached hydrogen (secondary N) is 1. The van der Waals surface area contributed by atoms with Crippen molar-refractivity contribution in [1.29, 1.82) is 0 Å². The highest BCUT2D eigenvalue weighted by Gasteiger charge is 2.31. The van der Waals surface area contributed by atoms with Gasteiger partial charge in [0.1, 0.15) is 11.2 Å². The molecule has 0 spiro atoms. The van der Waals surface area contributed by atoms with Gasteiger partial charge in [-0.2, -0.15) is 13.2 Å². The molecular weight excluding hydrogens is 439 g/mol. The van der Waals surface area contributed by atoms with Crippen LogP contribution in [0.25, 0.3) is 10.2 Å². The van der Waals surface area contributed by atoms with Gasteiger partial charge in [0.2, 0.25) is 0 Å². The number of thiophene rings is 1. The molecule has 1 fully saturated rings. The number of hydrogen-bond acceptors (Lipinski definition) is 7. The molecule has 2 aromatic heterocycles. The maximum Gasteiger partial charge on any atom is 0.393 e. The first kappa shape index (κ1) is 22.9. The Hall–Kier alpha value is -2.27. The Bertz CT molecular complexity index is 1010. The van der Waals surface area contributed by atoms with Gasteiger partial charge in [-0.1, -0.05) is 30.3 Å². The summed E-state index contributed by atoms with van der Waals surface area (Å²) in [5.74, 6) is 0.564. The lowest BCUT2D eigenvalue weighted by atomic mass is 10.0. The molecule has 3 aromatic rings. The van der Waals surface area contributed by atoms with E-state index >= 15 is 0 Å². The van der Waals surface area contributed by atoms with Crippen LogP contribution in [0, 0.1) is 0 Å². The third-order valence-electron chi connectivity index (χ3n) is 5.53. The minimum atomic E-state index is -4.27. The van der Waals surface area contributed by atoms with Crippen molar-refractivity contribution in [3.63, 3.8) is 0 Å². The first-order valence-corrected chi connectivity index (χ1v) is 11.4. The number of anilines is 1. The molecule has 1 saturated heterocycles. The quantitative estimate of drug-likeness (QED) is 0.494. The topological polar surface area (TPSA) is 64.5 Å². The molecular formula is C22H26F3N5OS. The Balaban J connectivity index is 1.52. The van der Waals surface area contributed by atoms with Crippen molar-refractivity contribution in [2.75, 3.05) is 31.3 Å². The fraction of sp³-hybridized carbons (Fsp3) is 0.455. The van der Waals surface area contributed by atoms with E-state index in [9.17, 15) is 18.3 Å². The Morgan fingerprint density at radius 2 is 1.91 bits per heavy atom. The summed E-state index contributed by atoms with van der Waals surface area (Å²) >= 11 is 1.04. The molecule has 0 amide bonds. The summed E-state index contributed by atoms with van der Waals surface area (Å²) in [5.41, 5.74) is 4.50. The monoisotopic (exact) mass is 465 g/mol. The molecule has 0 atom stereocenters. The number of nitrogens with zero attached hydrogens (tertiary/aromatic N) is 4. The van der Waals surface area contributed by atoms with E-state index in [4.69, 9.17) is 0 Å². The molecule has 0 bridgehead atoms. The number of fused-ring (bicyclic) bond motifs is 1. The number of piperidine rings is 1. The summed E-state index contributed by atoms with van der Waals surface area (Å²) in [7, 11) is 0. The van der Waals surface area contributed by atoms with Crippen LogP contribution in [-0.4, -0.2) is 58.4 Å². The zero-order valence-corrected chi connectivity index (χ0v) is 18.4. The maximum atomic E-state index is 12.9. The molecule has 1 aromatic carbocycles. The zero-order valence-electron chi connectivity index (χ0n) is 17.6. The number of hydrogen-bond donors (Lipinski definition) is 2. The third-order valence-corrected chi connectivity index (χ3v) is 6.57. The molecule has 0 saturated carbocycles. The van der Waals surface area contributed by atoms with Gasteiger partial charge in [-0.15, -0.1) is 11.3 Å². The number of rotatable bonds is 8. The van der Waals surface area contributed by atoms with Crippen molar-refractivity contribution >= 4 is 27.4 Å². The molecule has 10 heteroatoms. The predicted octanol–water partition coefficient (Wildman–Crippen LogP) is 3.76. The Labute approximate surface area is 188 Å². The van der Waals surface area contributed by atoms with E-state index in [-0.39, 0.29) is 17.5 Å². The van der Waals surface area contributed by atoms with Crippen LogP contribution in [0.15, 0.2) is 42.7 Å². The predicted molar refractivity (Wildman–Crippen MR) is 119 cm³/mol. The van der Waals surface area contributed by atoms with Crippen molar-refractivity contribution in [3.8, 4) is 0 Å². The van der Waals surface area contributed by atoms with Gasteiger partial charge in [0, 0.05) is 37.1 Å². The van der Waals surface area contributed by atoms with Gasteiger partial charge in [0.05, 0.1) is 18.4 Å². The minimum Gasteiger partial charge on any atom is -0.395 e. The number of benzene rings is 1. The molecule has 4 rings (SSSR count). The summed E-state index contributed by atoms with van der Waals surface area (Å²) in [6.45, 7) is 2.96. The normalized spacial score (nSPS) is 16.0. The second-order valence-corrected chi connectivity index (χ2v) is 9.03. The van der Waals surface area contributed by atoms with Crippen LogP contribution >= 0.6 is 11.3 Å². The Morgan fingerprint density at radius 1 is 1.16 bits per heavy atom. The third kappa shape index (κ3) is 5.74. The molecule has 1 aliphatic rings. The van der Waals surface area contributed by atoms with E-state index in [0.717, 1.165) is 43.8 Å². The number of hydrazine groups is 1. The highest BCUT2D eigenvalue weighted by atomic mass is 32.1. The Kier molecular flexibility index (Phi) is 7.24. The summed E-state index contributed by atoms with van der Waals surface area (Å²) in [4.78, 5) is 11.8. The van der Waals surface area contributed by atoms with Crippen LogP contribution in [0.5, 0.6) is 0 Å². The standard InChI is InChI=1S/C22H26F3N5OS/c23-22(24,25)13-18-12-19-20(26-15-27-21(19)32-18)30(28-8-11-31)17-6-9-29(10-7-17)14-16-4-2-1-3-5-16/h1-5,12,15,17,28,31H,6-11,13-14H2. The highest BCUT2D eigenvalue weighted by Crippen LogP contribution is 2.34. The van der Waals surface area contributed by atoms with Gasteiger partial charge < -0.3 is 5.11 Å². The summed E-state index contributed by atoms with van der Waals surface area (Å²) in [6, 6.07) is 12.0. The van der Waals surface area contributed by atoms with Crippen LogP contribution in [0.4, 0.5) is 19.0 Å². The number of aromatic nitrogens is 2. The van der Waals surface area contributed by atoms with Gasteiger partial charge in [-0.25, -0.2) is 15.4 Å². The molecule has 32 heavy (non-hydrogen) atoms. The van der Waals surface area contributed by atoms with Crippen LogP contribution in [0.2, 0.25) is 0 Å². The number of aliphatic hydroxyl groups is 1. The van der Waals surface area contributed by atoms with Gasteiger partial charge >= 0.3 is 6.18 Å². The molecule has 1 aliphatic heterocycles.